The summed E-state index contributed by atoms with van der Waals surface area (Å²) in [5, 5.41) is 3.11. The molecule has 3 nitrogen and oxygen atoms in total. The SMILES string of the molecule is CNC1=Cc2c(OC)c(Br)cc(OC)c21. The number of fused-ring (bicyclic) bond motifs is 1. The van der Waals surface area contributed by atoms with Crippen molar-refractivity contribution in [2.24, 2.45) is 0 Å². The number of nitrogens with one attached hydrogen (secondary N) is 1. The molecule has 80 valence electrons. The average molecular weight is 270 g/mol. The smallest absolute Gasteiger partial charge is 0.141 e. The van der Waals surface area contributed by atoms with E-state index < -0.39 is 0 Å². The van der Waals surface area contributed by atoms with Gasteiger partial charge in [0.15, 0.2) is 0 Å². The first-order valence-corrected chi connectivity index (χ1v) is 5.36. The number of hydrogen-bond acceptors (Lipinski definition) is 3. The van der Waals surface area contributed by atoms with Crippen molar-refractivity contribution < 1.29 is 9.47 Å². The van der Waals surface area contributed by atoms with Crippen LogP contribution in [0.15, 0.2) is 10.5 Å². The van der Waals surface area contributed by atoms with Crippen LogP contribution in [0.3, 0.4) is 0 Å². The summed E-state index contributed by atoms with van der Waals surface area (Å²) in [6, 6.07) is 1.92. The highest BCUT2D eigenvalue weighted by atomic mass is 79.9. The second-order valence-corrected chi connectivity index (χ2v) is 4.04. The van der Waals surface area contributed by atoms with E-state index in [-0.39, 0.29) is 0 Å². The standard InChI is InChI=1S/C11H12BrNO2/c1-13-8-4-6-10(8)9(14-2)5-7(12)11(6)15-3/h4-5,13H,1-3H3. The molecule has 0 unspecified atom stereocenters. The first-order chi connectivity index (χ1) is 7.22. The summed E-state index contributed by atoms with van der Waals surface area (Å²) in [5.74, 6) is 1.70. The number of halogens is 1. The summed E-state index contributed by atoms with van der Waals surface area (Å²) in [5.41, 5.74) is 3.24. The maximum atomic E-state index is 5.33. The zero-order valence-electron chi connectivity index (χ0n) is 8.85. The molecule has 1 N–H and O–H groups in total. The third-order valence-electron chi connectivity index (χ3n) is 2.49. The Labute approximate surface area is 97.2 Å². The lowest BCUT2D eigenvalue weighted by Gasteiger charge is -2.25. The van der Waals surface area contributed by atoms with Crippen molar-refractivity contribution in [3.63, 3.8) is 0 Å². The molecule has 1 aromatic carbocycles. The Kier molecular flexibility index (Phi) is 2.61. The zero-order chi connectivity index (χ0) is 11.0. The number of rotatable bonds is 3. The molecular weight excluding hydrogens is 258 g/mol. The zero-order valence-corrected chi connectivity index (χ0v) is 10.4. The van der Waals surface area contributed by atoms with Crippen LogP contribution in [0.4, 0.5) is 0 Å². The van der Waals surface area contributed by atoms with Crippen LogP contribution < -0.4 is 14.8 Å². The Bertz CT molecular complexity index is 441. The van der Waals surface area contributed by atoms with Crippen molar-refractivity contribution in [2.45, 2.75) is 0 Å². The molecule has 4 heteroatoms. The second kappa shape index (κ2) is 3.77. The van der Waals surface area contributed by atoms with Crippen molar-refractivity contribution >= 4 is 27.7 Å². The summed E-state index contributed by atoms with van der Waals surface area (Å²) in [6.45, 7) is 0. The van der Waals surface area contributed by atoms with Crippen molar-refractivity contribution in [2.75, 3.05) is 21.3 Å². The van der Waals surface area contributed by atoms with E-state index in [1.807, 2.05) is 19.2 Å². The highest BCUT2D eigenvalue weighted by Crippen LogP contribution is 2.47. The molecule has 0 saturated heterocycles. The maximum absolute atomic E-state index is 5.33. The topological polar surface area (TPSA) is 30.5 Å². The Morgan fingerprint density at radius 1 is 1.27 bits per heavy atom. The van der Waals surface area contributed by atoms with Crippen LogP contribution in [0.1, 0.15) is 11.1 Å². The second-order valence-electron chi connectivity index (χ2n) is 3.19. The van der Waals surface area contributed by atoms with Gasteiger partial charge in [0.2, 0.25) is 0 Å². The van der Waals surface area contributed by atoms with E-state index in [4.69, 9.17) is 9.47 Å². The molecule has 0 fully saturated rings. The summed E-state index contributed by atoms with van der Waals surface area (Å²) >= 11 is 3.45. The van der Waals surface area contributed by atoms with Gasteiger partial charge in [-0.1, -0.05) is 0 Å². The van der Waals surface area contributed by atoms with Gasteiger partial charge in [-0.3, -0.25) is 0 Å². The van der Waals surface area contributed by atoms with E-state index in [0.29, 0.717) is 0 Å². The number of hydrogen-bond donors (Lipinski definition) is 1. The molecule has 0 radical (unpaired) electrons. The summed E-state index contributed by atoms with van der Waals surface area (Å²) in [6.07, 6.45) is 2.04. The first-order valence-electron chi connectivity index (χ1n) is 4.57. The monoisotopic (exact) mass is 269 g/mol. The highest BCUT2D eigenvalue weighted by Gasteiger charge is 2.26. The van der Waals surface area contributed by atoms with Gasteiger partial charge < -0.3 is 14.8 Å². The molecule has 0 amide bonds. The molecule has 0 aromatic heterocycles. The van der Waals surface area contributed by atoms with Gasteiger partial charge in [-0.2, -0.15) is 0 Å². The highest BCUT2D eigenvalue weighted by molar-refractivity contribution is 9.10. The van der Waals surface area contributed by atoms with Crippen LogP contribution in [-0.4, -0.2) is 21.3 Å². The third kappa shape index (κ3) is 1.40. The van der Waals surface area contributed by atoms with Gasteiger partial charge in [0, 0.05) is 18.3 Å². The minimum Gasteiger partial charge on any atom is -0.496 e. The van der Waals surface area contributed by atoms with Crippen molar-refractivity contribution in [3.8, 4) is 11.5 Å². The average Bonchev–Trinajstić information content (AvgIpc) is 2.20. The Morgan fingerprint density at radius 3 is 2.53 bits per heavy atom. The van der Waals surface area contributed by atoms with Crippen LogP contribution in [0.5, 0.6) is 11.5 Å². The first kappa shape index (κ1) is 10.4. The van der Waals surface area contributed by atoms with Gasteiger partial charge in [0.25, 0.3) is 0 Å². The molecule has 0 saturated carbocycles. The van der Waals surface area contributed by atoms with E-state index in [9.17, 15) is 0 Å². The number of methoxy groups -OCH3 is 2. The normalized spacial score (nSPS) is 12.4. The third-order valence-corrected chi connectivity index (χ3v) is 3.08. The minimum absolute atomic E-state index is 0.851. The summed E-state index contributed by atoms with van der Waals surface area (Å²) < 4.78 is 11.6. The number of benzene rings is 1. The minimum atomic E-state index is 0.851. The molecule has 0 aliphatic heterocycles. The molecule has 15 heavy (non-hydrogen) atoms. The van der Waals surface area contributed by atoms with E-state index in [0.717, 1.165) is 32.8 Å². The molecule has 1 aliphatic rings. The lowest BCUT2D eigenvalue weighted by Crippen LogP contribution is -2.14. The quantitative estimate of drug-likeness (QED) is 0.915. The Morgan fingerprint density at radius 2 is 2.00 bits per heavy atom. The van der Waals surface area contributed by atoms with E-state index >= 15 is 0 Å². The van der Waals surface area contributed by atoms with Crippen molar-refractivity contribution in [1.29, 1.82) is 0 Å². The molecule has 1 aliphatic carbocycles. The van der Waals surface area contributed by atoms with Gasteiger partial charge in [-0.25, -0.2) is 0 Å². The van der Waals surface area contributed by atoms with Gasteiger partial charge in [0.05, 0.1) is 24.3 Å². The Balaban J connectivity index is 2.59. The summed E-state index contributed by atoms with van der Waals surface area (Å²) in [4.78, 5) is 0. The summed E-state index contributed by atoms with van der Waals surface area (Å²) in [7, 11) is 5.22. The molecule has 0 atom stereocenters. The van der Waals surface area contributed by atoms with Gasteiger partial charge in [-0.05, 0) is 28.1 Å². The predicted octanol–water partition coefficient (Wildman–Crippen LogP) is 2.50. The fraction of sp³-hybridized carbons (Fsp3) is 0.273. The van der Waals surface area contributed by atoms with Gasteiger partial charge in [-0.15, -0.1) is 0 Å². The fourth-order valence-electron chi connectivity index (χ4n) is 1.75. The maximum Gasteiger partial charge on any atom is 0.141 e. The lowest BCUT2D eigenvalue weighted by molar-refractivity contribution is 0.398. The van der Waals surface area contributed by atoms with Crippen molar-refractivity contribution in [1.82, 2.24) is 5.32 Å². The predicted molar refractivity (Wildman–Crippen MR) is 64.2 cm³/mol. The van der Waals surface area contributed by atoms with Gasteiger partial charge >= 0.3 is 0 Å². The van der Waals surface area contributed by atoms with E-state index in [1.165, 1.54) is 0 Å². The molecular formula is C11H12BrNO2. The van der Waals surface area contributed by atoms with Crippen LogP contribution in [0.2, 0.25) is 0 Å². The number of ether oxygens (including phenoxy) is 2. The van der Waals surface area contributed by atoms with Crippen LogP contribution in [0, 0.1) is 0 Å². The fourth-order valence-corrected chi connectivity index (χ4v) is 2.33. The molecule has 0 bridgehead atoms. The van der Waals surface area contributed by atoms with E-state index in [1.54, 1.807) is 14.2 Å². The molecule has 0 heterocycles. The molecule has 1 aromatic rings. The lowest BCUT2D eigenvalue weighted by atomic mass is 9.91. The van der Waals surface area contributed by atoms with Crippen LogP contribution in [-0.2, 0) is 0 Å². The Hall–Kier alpha value is -1.16. The van der Waals surface area contributed by atoms with Crippen LogP contribution in [0.25, 0.3) is 11.8 Å². The van der Waals surface area contributed by atoms with Crippen LogP contribution >= 0.6 is 15.9 Å². The molecule has 0 spiro atoms. The van der Waals surface area contributed by atoms with Crippen molar-refractivity contribution in [3.05, 3.63) is 21.7 Å². The van der Waals surface area contributed by atoms with E-state index in [2.05, 4.69) is 21.2 Å². The largest absolute Gasteiger partial charge is 0.496 e. The molecule has 2 rings (SSSR count). The van der Waals surface area contributed by atoms with Gasteiger partial charge in [0.1, 0.15) is 11.5 Å².